The van der Waals surface area contributed by atoms with Gasteiger partial charge in [-0.2, -0.15) is 18.2 Å². The van der Waals surface area contributed by atoms with E-state index in [1.807, 2.05) is 0 Å². The molecule has 0 radical (unpaired) electrons. The highest BCUT2D eigenvalue weighted by Gasteiger charge is 2.33. The molecule has 0 spiro atoms. The Kier molecular flexibility index (Phi) is 6.85. The van der Waals surface area contributed by atoms with Gasteiger partial charge in [0.1, 0.15) is 23.7 Å². The van der Waals surface area contributed by atoms with E-state index in [4.69, 9.17) is 9.47 Å². The first-order valence-electron chi connectivity index (χ1n) is 10.9. The van der Waals surface area contributed by atoms with Crippen molar-refractivity contribution in [3.8, 4) is 23.1 Å². The van der Waals surface area contributed by atoms with Gasteiger partial charge in [-0.3, -0.25) is 4.79 Å². The van der Waals surface area contributed by atoms with Gasteiger partial charge in [0.2, 0.25) is 0 Å². The van der Waals surface area contributed by atoms with Crippen LogP contribution in [0.5, 0.6) is 11.8 Å². The monoisotopic (exact) mass is 492 g/mol. The normalized spacial score (nSPS) is 18.3. The van der Waals surface area contributed by atoms with Gasteiger partial charge in [0, 0.05) is 13.2 Å². The molecule has 10 nitrogen and oxygen atoms in total. The largest absolute Gasteiger partial charge is 0.489 e. The summed E-state index contributed by atoms with van der Waals surface area (Å²) >= 11 is 0. The summed E-state index contributed by atoms with van der Waals surface area (Å²) in [6.45, 7) is 1.58. The zero-order valence-electron chi connectivity index (χ0n) is 19.0. The summed E-state index contributed by atoms with van der Waals surface area (Å²) in [5, 5.41) is 17.4. The van der Waals surface area contributed by atoms with Crippen LogP contribution in [0.1, 0.15) is 42.8 Å². The van der Waals surface area contributed by atoms with Crippen molar-refractivity contribution >= 4 is 5.97 Å². The highest BCUT2D eigenvalue weighted by Crippen LogP contribution is 2.31. The minimum atomic E-state index is -4.61. The van der Waals surface area contributed by atoms with Crippen LogP contribution in [-0.2, 0) is 24.6 Å². The molecule has 4 rings (SSSR count). The number of aryl methyl sites for hydroxylation is 2. The number of halogens is 3. The third kappa shape index (κ3) is 5.66. The maximum atomic E-state index is 12.9. The number of carboxylic acids is 1. The average Bonchev–Trinajstić information content (AvgIpc) is 3.19. The molecule has 0 amide bonds. The smallest absolute Gasteiger partial charge is 0.433 e. The van der Waals surface area contributed by atoms with Crippen molar-refractivity contribution in [1.29, 1.82) is 0 Å². The second kappa shape index (κ2) is 9.84. The van der Waals surface area contributed by atoms with Gasteiger partial charge in [0.05, 0.1) is 23.4 Å². The van der Waals surface area contributed by atoms with E-state index in [0.29, 0.717) is 41.4 Å². The van der Waals surface area contributed by atoms with E-state index in [-0.39, 0.29) is 12.7 Å². The molecule has 3 aromatic rings. The lowest BCUT2D eigenvalue weighted by molar-refractivity contribution is -0.144. The molecule has 0 unspecified atom stereocenters. The topological polar surface area (TPSA) is 125 Å². The maximum absolute atomic E-state index is 12.9. The summed E-state index contributed by atoms with van der Waals surface area (Å²) in [5.74, 6) is -0.676. The zero-order valence-corrected chi connectivity index (χ0v) is 19.0. The number of pyridine rings is 1. The van der Waals surface area contributed by atoms with Crippen molar-refractivity contribution < 1.29 is 32.5 Å². The number of carboxylic acid groups (broad SMARTS) is 1. The van der Waals surface area contributed by atoms with E-state index in [1.165, 1.54) is 4.68 Å². The molecule has 0 aliphatic heterocycles. The summed E-state index contributed by atoms with van der Waals surface area (Å²) < 4.78 is 51.5. The molecule has 35 heavy (non-hydrogen) atoms. The molecular weight excluding hydrogens is 469 g/mol. The van der Waals surface area contributed by atoms with Crippen LogP contribution in [0.25, 0.3) is 11.4 Å². The number of nitrogens with zero attached hydrogens (tertiary/aromatic N) is 6. The fourth-order valence-corrected chi connectivity index (χ4v) is 3.90. The lowest BCUT2D eigenvalue weighted by Gasteiger charge is -2.27. The third-order valence-electron chi connectivity index (χ3n) is 5.75. The van der Waals surface area contributed by atoms with Gasteiger partial charge in [-0.1, -0.05) is 5.21 Å². The van der Waals surface area contributed by atoms with Crippen LogP contribution in [0.4, 0.5) is 13.2 Å². The summed E-state index contributed by atoms with van der Waals surface area (Å²) in [4.78, 5) is 23.0. The van der Waals surface area contributed by atoms with Crippen molar-refractivity contribution in [2.24, 2.45) is 13.0 Å². The van der Waals surface area contributed by atoms with Gasteiger partial charge in [0.15, 0.2) is 5.69 Å². The first kappa shape index (κ1) is 24.4. The quantitative estimate of drug-likeness (QED) is 0.527. The summed E-state index contributed by atoms with van der Waals surface area (Å²) in [6.07, 6.45) is -1.20. The molecule has 1 fully saturated rings. The van der Waals surface area contributed by atoms with Crippen LogP contribution in [0.15, 0.2) is 24.4 Å². The van der Waals surface area contributed by atoms with Crippen molar-refractivity contribution in [3.63, 3.8) is 0 Å². The highest BCUT2D eigenvalue weighted by atomic mass is 19.4. The lowest BCUT2D eigenvalue weighted by atomic mass is 9.87. The minimum Gasteiger partial charge on any atom is -0.489 e. The van der Waals surface area contributed by atoms with Crippen LogP contribution >= 0.6 is 0 Å². The van der Waals surface area contributed by atoms with Crippen LogP contribution < -0.4 is 9.47 Å². The molecule has 1 saturated carbocycles. The minimum absolute atomic E-state index is 0.183. The number of aliphatic carboxylic acids is 1. The number of hydrogen-bond acceptors (Lipinski definition) is 8. The third-order valence-corrected chi connectivity index (χ3v) is 5.75. The fraction of sp³-hybridized carbons (Fsp3) is 0.455. The van der Waals surface area contributed by atoms with E-state index >= 15 is 0 Å². The lowest BCUT2D eigenvalue weighted by Crippen LogP contribution is -2.29. The van der Waals surface area contributed by atoms with Gasteiger partial charge in [-0.05, 0) is 50.8 Å². The Morgan fingerprint density at radius 3 is 2.74 bits per heavy atom. The zero-order chi connectivity index (χ0) is 25.2. The predicted octanol–water partition coefficient (Wildman–Crippen LogP) is 3.60. The van der Waals surface area contributed by atoms with Crippen molar-refractivity contribution in [3.05, 3.63) is 41.5 Å². The molecule has 1 N–H and O–H groups in total. The Balaban J connectivity index is 1.49. The molecule has 0 saturated heterocycles. The van der Waals surface area contributed by atoms with E-state index in [0.717, 1.165) is 25.1 Å². The molecule has 2 atom stereocenters. The van der Waals surface area contributed by atoms with E-state index < -0.39 is 29.8 Å². The molecule has 3 heterocycles. The average molecular weight is 492 g/mol. The van der Waals surface area contributed by atoms with Crippen molar-refractivity contribution in [2.45, 2.75) is 51.5 Å². The van der Waals surface area contributed by atoms with Crippen LogP contribution in [-0.4, -0.2) is 47.1 Å². The van der Waals surface area contributed by atoms with Crippen molar-refractivity contribution in [1.82, 2.24) is 29.9 Å². The maximum Gasteiger partial charge on any atom is 0.433 e. The first-order valence-corrected chi connectivity index (χ1v) is 10.9. The second-order valence-corrected chi connectivity index (χ2v) is 8.24. The van der Waals surface area contributed by atoms with Gasteiger partial charge in [-0.25, -0.2) is 14.6 Å². The number of aromatic nitrogens is 6. The Morgan fingerprint density at radius 2 is 2.03 bits per heavy atom. The number of ether oxygens (including phenoxy) is 2. The van der Waals surface area contributed by atoms with Gasteiger partial charge in [-0.15, -0.1) is 5.10 Å². The molecular formula is C22H23F3N6O4. The number of alkyl halides is 3. The number of rotatable bonds is 7. The molecule has 3 aromatic heterocycles. The molecule has 186 valence electrons. The Hall–Kier alpha value is -3.77. The van der Waals surface area contributed by atoms with Crippen LogP contribution in [0, 0.1) is 12.8 Å². The molecule has 1 aliphatic carbocycles. The Labute approximate surface area is 198 Å². The molecule has 0 aromatic carbocycles. The second-order valence-electron chi connectivity index (χ2n) is 8.24. The standard InChI is InChI=1S/C22H23F3N6O4/c1-12-17(35-14-5-3-4-13(10-14)20(32)33)7-6-15(27-12)19-16(31(2)30-29-19)11-34-21-26-9-8-18(28-21)22(23,24)25/h6-9,13-14H,3-5,10-11H2,1-2H3,(H,32,33)/t13-,14-/m0/s1. The summed E-state index contributed by atoms with van der Waals surface area (Å²) in [7, 11) is 1.62. The molecule has 1 aliphatic rings. The van der Waals surface area contributed by atoms with Crippen LogP contribution in [0.3, 0.4) is 0 Å². The number of carbonyl (C=O) groups is 1. The van der Waals surface area contributed by atoms with Gasteiger partial charge in [0.25, 0.3) is 0 Å². The molecule has 13 heteroatoms. The summed E-state index contributed by atoms with van der Waals surface area (Å²) in [6, 6.07) is 3.76. The molecule has 0 bridgehead atoms. The summed E-state index contributed by atoms with van der Waals surface area (Å²) in [5.41, 5.74) is 0.796. The Bertz CT molecular complexity index is 1220. The Morgan fingerprint density at radius 1 is 1.23 bits per heavy atom. The highest BCUT2D eigenvalue weighted by molar-refractivity contribution is 5.70. The van der Waals surface area contributed by atoms with Crippen LogP contribution in [0.2, 0.25) is 0 Å². The van der Waals surface area contributed by atoms with E-state index in [2.05, 4.69) is 25.3 Å². The van der Waals surface area contributed by atoms with Gasteiger partial charge >= 0.3 is 18.2 Å². The number of hydrogen-bond donors (Lipinski definition) is 1. The van der Waals surface area contributed by atoms with E-state index in [9.17, 15) is 23.1 Å². The predicted molar refractivity (Wildman–Crippen MR) is 114 cm³/mol. The SMILES string of the molecule is Cc1nc(-c2nnn(C)c2COc2nccc(C(F)(F)F)n2)ccc1O[C@H]1CCC[C@H](C(=O)O)C1. The van der Waals surface area contributed by atoms with E-state index in [1.54, 1.807) is 26.1 Å². The van der Waals surface area contributed by atoms with Crippen molar-refractivity contribution in [2.75, 3.05) is 0 Å². The fourth-order valence-electron chi connectivity index (χ4n) is 3.90. The first-order chi connectivity index (χ1) is 16.6. The van der Waals surface area contributed by atoms with Gasteiger partial charge < -0.3 is 14.6 Å².